The van der Waals surface area contributed by atoms with Crippen LogP contribution in [-0.4, -0.2) is 64.8 Å². The van der Waals surface area contributed by atoms with E-state index in [1.165, 1.54) is 21.5 Å². The van der Waals surface area contributed by atoms with E-state index in [-0.39, 0.29) is 11.4 Å². The fraction of sp³-hybridized carbons (Fsp3) is 0.217. The van der Waals surface area contributed by atoms with Crippen LogP contribution < -0.4 is 15.2 Å². The van der Waals surface area contributed by atoms with Crippen molar-refractivity contribution < 1.29 is 13.9 Å². The molecule has 0 saturated carbocycles. The van der Waals surface area contributed by atoms with E-state index >= 15 is 4.39 Å². The van der Waals surface area contributed by atoms with Gasteiger partial charge in [-0.25, -0.2) is 9.18 Å². The van der Waals surface area contributed by atoms with Gasteiger partial charge in [-0.05, 0) is 18.3 Å². The van der Waals surface area contributed by atoms with E-state index in [4.69, 9.17) is 33.0 Å². The Morgan fingerprint density at radius 1 is 1.06 bits per heavy atom. The number of aryl methyl sites for hydroxylation is 3. The van der Waals surface area contributed by atoms with Crippen LogP contribution in [-0.2, 0) is 14.1 Å². The maximum Gasteiger partial charge on any atom is 0.333 e. The topological polar surface area (TPSA) is 89.0 Å². The molecule has 0 saturated heterocycles. The average molecular weight is 478 g/mol. The molecule has 5 aromatic rings. The molecule has 0 unspecified atom stereocenters. The number of hydrogen-bond donors (Lipinski definition) is 0. The van der Waals surface area contributed by atoms with Gasteiger partial charge in [0.25, 0.3) is 0 Å². The summed E-state index contributed by atoms with van der Waals surface area (Å²) in [6.07, 6.45) is 5.53. The highest BCUT2D eigenvalue weighted by Gasteiger charge is 2.25. The van der Waals surface area contributed by atoms with Crippen LogP contribution in [0.15, 0.2) is 41.7 Å². The Hall–Kier alpha value is -4.02. The van der Waals surface area contributed by atoms with Crippen molar-refractivity contribution >= 4 is 45.5 Å². The van der Waals surface area contributed by atoms with E-state index in [2.05, 4.69) is 15.1 Å². The summed E-state index contributed by atoms with van der Waals surface area (Å²) in [4.78, 5) is 21.8. The smallest absolute Gasteiger partial charge is 0.333 e. The van der Waals surface area contributed by atoms with Gasteiger partial charge in [-0.2, -0.15) is 5.10 Å². The van der Waals surface area contributed by atoms with Gasteiger partial charge < -0.3 is 9.47 Å². The fourth-order valence-electron chi connectivity index (χ4n) is 4.37. The third-order valence-corrected chi connectivity index (χ3v) is 5.86. The Labute approximate surface area is 209 Å². The number of fused-ring (bicyclic) bond motifs is 3. The van der Waals surface area contributed by atoms with Crippen molar-refractivity contribution in [2.45, 2.75) is 12.2 Å². The van der Waals surface area contributed by atoms with Crippen molar-refractivity contribution in [2.24, 2.45) is 14.1 Å². The molecule has 1 aromatic carbocycles. The molecule has 0 aliphatic carbocycles. The van der Waals surface area contributed by atoms with Crippen LogP contribution in [0, 0.1) is 12.7 Å². The highest BCUT2D eigenvalue weighted by Crippen LogP contribution is 2.38. The second-order valence-electron chi connectivity index (χ2n) is 8.46. The van der Waals surface area contributed by atoms with E-state index in [0.29, 0.717) is 27.7 Å². The molecule has 0 fully saturated rings. The van der Waals surface area contributed by atoms with Crippen LogP contribution in [0.2, 0.25) is 0 Å². The molecular weight excluding hydrogens is 460 g/mol. The lowest BCUT2D eigenvalue weighted by atomic mass is 9.52. The molecule has 0 aliphatic rings. The summed E-state index contributed by atoms with van der Waals surface area (Å²) < 4.78 is 30.5. The van der Waals surface area contributed by atoms with Gasteiger partial charge in [0.15, 0.2) is 11.6 Å². The summed E-state index contributed by atoms with van der Waals surface area (Å²) in [6, 6.07) is 3.59. The molecular formula is C23H18B3FN6O3. The van der Waals surface area contributed by atoms with Crippen molar-refractivity contribution in [3.05, 3.63) is 58.9 Å². The van der Waals surface area contributed by atoms with Crippen molar-refractivity contribution in [1.82, 2.24) is 28.9 Å². The van der Waals surface area contributed by atoms with Crippen LogP contribution in [0.4, 0.5) is 4.39 Å². The Morgan fingerprint density at radius 2 is 1.81 bits per heavy atom. The minimum Gasteiger partial charge on any atom is -0.512 e. The molecule has 36 heavy (non-hydrogen) atoms. The zero-order valence-corrected chi connectivity index (χ0v) is 20.0. The summed E-state index contributed by atoms with van der Waals surface area (Å²) in [5, 5.41) is 2.85. The molecule has 4 heterocycles. The van der Waals surface area contributed by atoms with Gasteiger partial charge in [-0.1, -0.05) is 0 Å². The summed E-state index contributed by atoms with van der Waals surface area (Å²) in [5.41, 5.74) is 2.89. The number of methoxy groups -OCH3 is 1. The van der Waals surface area contributed by atoms with E-state index in [9.17, 15) is 4.79 Å². The van der Waals surface area contributed by atoms with Gasteiger partial charge in [0.05, 0.1) is 47.9 Å². The maximum atomic E-state index is 15.3. The predicted molar refractivity (Wildman–Crippen MR) is 136 cm³/mol. The fourth-order valence-corrected chi connectivity index (χ4v) is 4.37. The normalized spacial score (nSPS) is 11.9. The van der Waals surface area contributed by atoms with Crippen molar-refractivity contribution in [2.75, 3.05) is 7.11 Å². The molecule has 6 radical (unpaired) electrons. The van der Waals surface area contributed by atoms with Crippen LogP contribution in [0.25, 0.3) is 38.8 Å². The lowest BCUT2D eigenvalue weighted by Gasteiger charge is -2.25. The number of hydrogen-bond acceptors (Lipinski definition) is 6. The summed E-state index contributed by atoms with van der Waals surface area (Å²) in [5.74, 6) is -0.486. The largest absolute Gasteiger partial charge is 0.512 e. The first-order valence-electron chi connectivity index (χ1n) is 10.8. The number of halogens is 1. The first-order chi connectivity index (χ1) is 17.0. The Bertz CT molecular complexity index is 1720. The molecule has 13 heteroatoms. The predicted octanol–water partition coefficient (Wildman–Crippen LogP) is 1.62. The SMILES string of the molecule is [B]C([B])([B])Oc1cncc(F)c1-n1c(=O)n(C)c2cnc3cc(OC)c(-c4cn(C)nc4C)cc3c21. The molecule has 9 nitrogen and oxygen atoms in total. The summed E-state index contributed by atoms with van der Waals surface area (Å²) >= 11 is 0. The van der Waals surface area contributed by atoms with Crippen LogP contribution in [0.5, 0.6) is 11.5 Å². The number of aromatic nitrogens is 6. The molecule has 0 atom stereocenters. The Balaban J connectivity index is 1.93. The van der Waals surface area contributed by atoms with Gasteiger partial charge in [0.2, 0.25) is 0 Å². The lowest BCUT2D eigenvalue weighted by molar-refractivity contribution is 0.314. The first kappa shape index (κ1) is 23.7. The highest BCUT2D eigenvalue weighted by atomic mass is 19.1. The first-order valence-corrected chi connectivity index (χ1v) is 10.8. The van der Waals surface area contributed by atoms with Gasteiger partial charge in [0.1, 0.15) is 35.0 Å². The molecule has 174 valence electrons. The van der Waals surface area contributed by atoms with Gasteiger partial charge in [-0.3, -0.25) is 23.8 Å². The zero-order valence-electron chi connectivity index (χ0n) is 20.0. The second-order valence-corrected chi connectivity index (χ2v) is 8.46. The van der Waals surface area contributed by atoms with E-state index in [1.807, 2.05) is 26.2 Å². The van der Waals surface area contributed by atoms with Gasteiger partial charge >= 0.3 is 5.69 Å². The molecule has 0 spiro atoms. The molecule has 0 aliphatic heterocycles. The van der Waals surface area contributed by atoms with E-state index in [0.717, 1.165) is 23.0 Å². The third-order valence-electron chi connectivity index (χ3n) is 5.86. The highest BCUT2D eigenvalue weighted by molar-refractivity contribution is 6.58. The van der Waals surface area contributed by atoms with Crippen LogP contribution >= 0.6 is 0 Å². The van der Waals surface area contributed by atoms with Crippen molar-refractivity contribution in [3.8, 4) is 28.3 Å². The summed E-state index contributed by atoms with van der Waals surface area (Å²) in [7, 11) is 21.7. The molecule has 0 bridgehead atoms. The number of pyridine rings is 2. The molecule has 0 N–H and O–H groups in total. The number of rotatable bonds is 5. The quantitative estimate of drug-likeness (QED) is 0.357. The average Bonchev–Trinajstić information content (AvgIpc) is 3.27. The minimum atomic E-state index is -2.14. The number of ether oxygens (including phenoxy) is 2. The number of benzene rings is 1. The second kappa shape index (κ2) is 8.29. The third kappa shape index (κ3) is 3.75. The van der Waals surface area contributed by atoms with Crippen molar-refractivity contribution in [3.63, 3.8) is 0 Å². The Kier molecular flexibility index (Phi) is 5.46. The Morgan fingerprint density at radius 3 is 2.44 bits per heavy atom. The van der Waals surface area contributed by atoms with Gasteiger partial charge in [0, 0.05) is 42.9 Å². The van der Waals surface area contributed by atoms with E-state index < -0.39 is 16.8 Å². The standard InChI is InChI=1S/C23H18B3FN6O3/c1-11-14(10-31(2)30-11)12-5-13-16(6-18(12)35-4)29-8-17-20(13)33(22(34)32(17)3)21-15(27)7-28-9-19(21)36-23(24,25)26/h5-10H,1-4H3. The van der Waals surface area contributed by atoms with E-state index in [1.54, 1.807) is 24.9 Å². The van der Waals surface area contributed by atoms with Gasteiger partial charge in [-0.15, -0.1) is 0 Å². The monoisotopic (exact) mass is 478 g/mol. The molecule has 4 aromatic heterocycles. The number of imidazole rings is 1. The van der Waals surface area contributed by atoms with Crippen LogP contribution in [0.1, 0.15) is 5.69 Å². The summed E-state index contributed by atoms with van der Waals surface area (Å²) in [6.45, 7) is 1.88. The maximum absolute atomic E-state index is 15.3. The zero-order chi connectivity index (χ0) is 25.9. The molecule has 0 amide bonds. The van der Waals surface area contributed by atoms with Crippen molar-refractivity contribution in [1.29, 1.82) is 0 Å². The minimum absolute atomic E-state index is 0.209. The lowest BCUT2D eigenvalue weighted by Crippen LogP contribution is -2.38. The van der Waals surface area contributed by atoms with Crippen LogP contribution in [0.3, 0.4) is 0 Å². The molecule has 5 rings (SSSR count). The number of nitrogens with zero attached hydrogens (tertiary/aromatic N) is 6.